The maximum absolute atomic E-state index is 12.8. The largest absolute Gasteiger partial charge is 0.416 e. The van der Waals surface area contributed by atoms with Gasteiger partial charge in [0.2, 0.25) is 0 Å². The van der Waals surface area contributed by atoms with Gasteiger partial charge in [-0.2, -0.15) is 13.2 Å². The van der Waals surface area contributed by atoms with Crippen molar-refractivity contribution in [2.24, 2.45) is 0 Å². The summed E-state index contributed by atoms with van der Waals surface area (Å²) in [6.07, 6.45) is -2.76. The lowest BCUT2D eigenvalue weighted by molar-refractivity contribution is -0.137. The molecule has 4 heteroatoms. The van der Waals surface area contributed by atoms with E-state index in [1.165, 1.54) is 23.3 Å². The highest BCUT2D eigenvalue weighted by Crippen LogP contribution is 2.30. The van der Waals surface area contributed by atoms with Crippen molar-refractivity contribution in [1.29, 1.82) is 0 Å². The fraction of sp³-hybridized carbons (Fsp3) is 0.368. The summed E-state index contributed by atoms with van der Waals surface area (Å²) in [6.45, 7) is 4.11. The second kappa shape index (κ2) is 6.36. The third-order valence-corrected chi connectivity index (χ3v) is 4.43. The predicted molar refractivity (Wildman–Crippen MR) is 85.7 cm³/mol. The van der Waals surface area contributed by atoms with E-state index in [9.17, 15) is 13.2 Å². The molecule has 0 aliphatic carbocycles. The minimum Gasteiger partial charge on any atom is -0.316 e. The van der Waals surface area contributed by atoms with Gasteiger partial charge < -0.3 is 5.32 Å². The molecule has 0 amide bonds. The molecule has 0 bridgehead atoms. The van der Waals surface area contributed by atoms with E-state index >= 15 is 0 Å². The van der Waals surface area contributed by atoms with Gasteiger partial charge in [-0.3, -0.25) is 0 Å². The Labute approximate surface area is 134 Å². The predicted octanol–water partition coefficient (Wildman–Crippen LogP) is 4.55. The van der Waals surface area contributed by atoms with E-state index in [-0.39, 0.29) is 0 Å². The number of hydrogen-bond acceptors (Lipinski definition) is 1. The monoisotopic (exact) mass is 319 g/mol. The zero-order valence-corrected chi connectivity index (χ0v) is 13.1. The van der Waals surface area contributed by atoms with E-state index in [1.54, 1.807) is 6.07 Å². The van der Waals surface area contributed by atoms with Crippen molar-refractivity contribution >= 4 is 0 Å². The van der Waals surface area contributed by atoms with E-state index in [2.05, 4.69) is 24.4 Å². The molecule has 0 spiro atoms. The Morgan fingerprint density at radius 3 is 2.65 bits per heavy atom. The minimum atomic E-state index is -4.29. The molecule has 1 unspecified atom stereocenters. The number of benzene rings is 2. The molecule has 1 nitrogen and oxygen atoms in total. The van der Waals surface area contributed by atoms with Crippen LogP contribution in [-0.4, -0.2) is 13.1 Å². The molecule has 1 aliphatic rings. The third kappa shape index (κ3) is 3.75. The van der Waals surface area contributed by atoms with Gasteiger partial charge in [0.05, 0.1) is 5.56 Å². The molecule has 0 aromatic heterocycles. The van der Waals surface area contributed by atoms with Crippen molar-refractivity contribution in [3.05, 3.63) is 70.3 Å². The summed E-state index contributed by atoms with van der Waals surface area (Å²) >= 11 is 0. The van der Waals surface area contributed by atoms with Gasteiger partial charge in [-0.05, 0) is 53.6 Å². The Morgan fingerprint density at radius 2 is 1.87 bits per heavy atom. The molecule has 1 heterocycles. The van der Waals surface area contributed by atoms with Gasteiger partial charge in [-0.25, -0.2) is 0 Å². The summed E-state index contributed by atoms with van der Waals surface area (Å²) in [6, 6.07) is 11.9. The van der Waals surface area contributed by atoms with Crippen LogP contribution >= 0.6 is 0 Å². The molecule has 3 rings (SSSR count). The normalized spacial score (nSPS) is 18.3. The molecular weight excluding hydrogens is 299 g/mol. The summed E-state index contributed by atoms with van der Waals surface area (Å²) in [5.74, 6) is 0.425. The Balaban J connectivity index is 1.86. The number of nitrogens with one attached hydrogen (secondary N) is 1. The summed E-state index contributed by atoms with van der Waals surface area (Å²) < 4.78 is 38.5. The molecular formula is C19H20F3N. The van der Waals surface area contributed by atoms with Crippen LogP contribution in [0.25, 0.3) is 0 Å². The Kier molecular flexibility index (Phi) is 4.44. The molecule has 2 aromatic carbocycles. The number of rotatable bonds is 2. The standard InChI is InChI=1S/C19H20F3N/c1-13-12-23-8-7-16-6-5-15(11-18(13)16)9-14-3-2-4-17(10-14)19(20,21)22/h2-6,10-11,13,23H,7-9,12H2,1H3. The van der Waals surface area contributed by atoms with Crippen LogP contribution in [0.2, 0.25) is 0 Å². The van der Waals surface area contributed by atoms with Crippen LogP contribution < -0.4 is 5.32 Å². The van der Waals surface area contributed by atoms with Crippen LogP contribution in [0.3, 0.4) is 0 Å². The minimum absolute atomic E-state index is 0.425. The smallest absolute Gasteiger partial charge is 0.316 e. The second-order valence-electron chi connectivity index (χ2n) is 6.26. The highest BCUT2D eigenvalue weighted by atomic mass is 19.4. The lowest BCUT2D eigenvalue weighted by atomic mass is 9.91. The van der Waals surface area contributed by atoms with Gasteiger partial charge >= 0.3 is 6.18 Å². The van der Waals surface area contributed by atoms with E-state index in [1.807, 2.05) is 6.07 Å². The number of alkyl halides is 3. The molecule has 1 N–H and O–H groups in total. The van der Waals surface area contributed by atoms with E-state index in [0.717, 1.165) is 31.1 Å². The fourth-order valence-electron chi connectivity index (χ4n) is 3.19. The maximum atomic E-state index is 12.8. The first-order valence-corrected chi connectivity index (χ1v) is 7.92. The van der Waals surface area contributed by atoms with Gasteiger partial charge in [0, 0.05) is 6.54 Å². The molecule has 1 aliphatic heterocycles. The topological polar surface area (TPSA) is 12.0 Å². The highest BCUT2D eigenvalue weighted by molar-refractivity contribution is 5.38. The summed E-state index contributed by atoms with van der Waals surface area (Å²) in [5, 5.41) is 3.41. The van der Waals surface area contributed by atoms with Crippen molar-refractivity contribution in [2.45, 2.75) is 31.9 Å². The molecule has 0 saturated heterocycles. The van der Waals surface area contributed by atoms with E-state index < -0.39 is 11.7 Å². The second-order valence-corrected chi connectivity index (χ2v) is 6.26. The number of halogens is 3. The third-order valence-electron chi connectivity index (χ3n) is 4.43. The Bertz CT molecular complexity index is 691. The number of hydrogen-bond donors (Lipinski definition) is 1. The van der Waals surface area contributed by atoms with E-state index in [0.29, 0.717) is 17.9 Å². The van der Waals surface area contributed by atoms with Crippen LogP contribution in [0.4, 0.5) is 13.2 Å². The molecule has 2 aromatic rings. The van der Waals surface area contributed by atoms with Crippen molar-refractivity contribution in [3.63, 3.8) is 0 Å². The first kappa shape index (κ1) is 16.1. The first-order chi connectivity index (χ1) is 10.9. The van der Waals surface area contributed by atoms with Crippen molar-refractivity contribution in [1.82, 2.24) is 5.32 Å². The zero-order valence-electron chi connectivity index (χ0n) is 13.1. The van der Waals surface area contributed by atoms with Crippen LogP contribution in [0.15, 0.2) is 42.5 Å². The quantitative estimate of drug-likeness (QED) is 0.856. The van der Waals surface area contributed by atoms with Crippen LogP contribution in [0.1, 0.15) is 40.7 Å². The van der Waals surface area contributed by atoms with Crippen molar-refractivity contribution in [2.75, 3.05) is 13.1 Å². The summed E-state index contributed by atoms with van der Waals surface area (Å²) in [5.41, 5.74) is 3.84. The Morgan fingerprint density at radius 1 is 1.09 bits per heavy atom. The van der Waals surface area contributed by atoms with Crippen LogP contribution in [-0.2, 0) is 19.0 Å². The zero-order chi connectivity index (χ0) is 16.4. The summed E-state index contributed by atoms with van der Waals surface area (Å²) in [4.78, 5) is 0. The van der Waals surface area contributed by atoms with Gasteiger partial charge in [0.25, 0.3) is 0 Å². The summed E-state index contributed by atoms with van der Waals surface area (Å²) in [7, 11) is 0. The van der Waals surface area contributed by atoms with Crippen LogP contribution in [0, 0.1) is 0 Å². The fourth-order valence-corrected chi connectivity index (χ4v) is 3.19. The van der Waals surface area contributed by atoms with Gasteiger partial charge in [0.1, 0.15) is 0 Å². The average molecular weight is 319 g/mol. The Hall–Kier alpha value is -1.81. The van der Waals surface area contributed by atoms with Crippen molar-refractivity contribution < 1.29 is 13.2 Å². The molecule has 23 heavy (non-hydrogen) atoms. The molecule has 0 radical (unpaired) electrons. The highest BCUT2D eigenvalue weighted by Gasteiger charge is 2.30. The SMILES string of the molecule is CC1CNCCc2ccc(Cc3cccc(C(F)(F)F)c3)cc21. The molecule has 0 fully saturated rings. The maximum Gasteiger partial charge on any atom is 0.416 e. The van der Waals surface area contributed by atoms with Gasteiger partial charge in [-0.15, -0.1) is 0 Å². The average Bonchev–Trinajstić information content (AvgIpc) is 2.69. The molecule has 1 atom stereocenters. The number of fused-ring (bicyclic) bond motifs is 1. The van der Waals surface area contributed by atoms with Crippen molar-refractivity contribution in [3.8, 4) is 0 Å². The lowest BCUT2D eigenvalue weighted by Gasteiger charge is -2.14. The van der Waals surface area contributed by atoms with E-state index in [4.69, 9.17) is 0 Å². The molecule has 122 valence electrons. The lowest BCUT2D eigenvalue weighted by Crippen LogP contribution is -2.18. The first-order valence-electron chi connectivity index (χ1n) is 7.92. The van der Waals surface area contributed by atoms with Gasteiger partial charge in [-0.1, -0.05) is 43.3 Å². The van der Waals surface area contributed by atoms with Crippen LogP contribution in [0.5, 0.6) is 0 Å². The molecule has 0 saturated carbocycles. The van der Waals surface area contributed by atoms with Gasteiger partial charge in [0.15, 0.2) is 0 Å².